The van der Waals surface area contributed by atoms with Crippen molar-refractivity contribution in [1.82, 2.24) is 4.98 Å². The number of hydrogen-bond donors (Lipinski definition) is 1. The van der Waals surface area contributed by atoms with E-state index in [0.29, 0.717) is 33.7 Å². The molecule has 8 heteroatoms. The van der Waals surface area contributed by atoms with Crippen LogP contribution in [0, 0.1) is 0 Å². The van der Waals surface area contributed by atoms with Crippen molar-refractivity contribution in [1.29, 1.82) is 0 Å². The highest BCUT2D eigenvalue weighted by molar-refractivity contribution is 7.89. The summed E-state index contributed by atoms with van der Waals surface area (Å²) in [7, 11) is -3.78. The van der Waals surface area contributed by atoms with E-state index in [1.807, 2.05) is 30.3 Å². The molecule has 4 aromatic rings. The van der Waals surface area contributed by atoms with Crippen LogP contribution in [0.5, 0.6) is 5.75 Å². The molecule has 0 fully saturated rings. The zero-order valence-electron chi connectivity index (χ0n) is 15.7. The van der Waals surface area contributed by atoms with Crippen molar-refractivity contribution in [3.8, 4) is 28.3 Å². The summed E-state index contributed by atoms with van der Waals surface area (Å²) in [6, 6.07) is 22.7. The second-order valence-electron chi connectivity index (χ2n) is 6.47. The molecule has 0 amide bonds. The van der Waals surface area contributed by atoms with E-state index in [2.05, 4.69) is 4.98 Å². The number of nitrogens with two attached hydrogens (primary N) is 1. The highest BCUT2D eigenvalue weighted by Gasteiger charge is 2.18. The maximum atomic E-state index is 11.5. The number of primary sulfonamides is 1. The summed E-state index contributed by atoms with van der Waals surface area (Å²) < 4.78 is 34.8. The van der Waals surface area contributed by atoms with Gasteiger partial charge in [-0.15, -0.1) is 0 Å². The minimum atomic E-state index is -3.78. The van der Waals surface area contributed by atoms with Gasteiger partial charge >= 0.3 is 0 Å². The van der Waals surface area contributed by atoms with E-state index in [9.17, 15) is 8.42 Å². The van der Waals surface area contributed by atoms with Crippen LogP contribution in [0.25, 0.3) is 22.6 Å². The number of hydrogen-bond acceptors (Lipinski definition) is 5. The van der Waals surface area contributed by atoms with E-state index in [0.717, 1.165) is 5.56 Å². The summed E-state index contributed by atoms with van der Waals surface area (Å²) in [6.45, 7) is 0.107. The Bertz CT molecular complexity index is 1270. The molecule has 1 aromatic heterocycles. The third kappa shape index (κ3) is 4.54. The molecule has 2 N–H and O–H groups in total. The van der Waals surface area contributed by atoms with Crippen molar-refractivity contribution in [3.05, 3.63) is 89.8 Å². The van der Waals surface area contributed by atoms with E-state index in [4.69, 9.17) is 25.9 Å². The van der Waals surface area contributed by atoms with Crippen molar-refractivity contribution in [2.75, 3.05) is 0 Å². The molecule has 1 heterocycles. The predicted octanol–water partition coefficient (Wildman–Crippen LogP) is 4.89. The van der Waals surface area contributed by atoms with Gasteiger partial charge in [0.15, 0.2) is 12.4 Å². The topological polar surface area (TPSA) is 95.4 Å². The van der Waals surface area contributed by atoms with Gasteiger partial charge in [0.1, 0.15) is 11.4 Å². The molecule has 30 heavy (non-hydrogen) atoms. The number of sulfonamides is 1. The molecule has 4 rings (SSSR count). The van der Waals surface area contributed by atoms with Crippen LogP contribution in [-0.2, 0) is 16.6 Å². The quantitative estimate of drug-likeness (QED) is 0.460. The van der Waals surface area contributed by atoms with E-state index in [-0.39, 0.29) is 11.5 Å². The number of halogens is 1. The Morgan fingerprint density at radius 3 is 2.33 bits per heavy atom. The number of oxazole rings is 1. The summed E-state index contributed by atoms with van der Waals surface area (Å²) in [4.78, 5) is 4.62. The number of nitrogens with zero attached hydrogens (tertiary/aromatic N) is 1. The first-order valence-electron chi connectivity index (χ1n) is 8.97. The molecular formula is C22H17ClN2O4S. The molecule has 152 valence electrons. The summed E-state index contributed by atoms with van der Waals surface area (Å²) in [5, 5.41) is 5.76. The highest BCUT2D eigenvalue weighted by atomic mass is 35.5. The van der Waals surface area contributed by atoms with Crippen LogP contribution in [0.4, 0.5) is 0 Å². The average molecular weight is 441 g/mol. The smallest absolute Gasteiger partial charge is 0.238 e. The van der Waals surface area contributed by atoms with E-state index >= 15 is 0 Å². The lowest BCUT2D eigenvalue weighted by Gasteiger charge is -2.04. The molecule has 0 saturated carbocycles. The first-order valence-corrected chi connectivity index (χ1v) is 10.9. The summed E-state index contributed by atoms with van der Waals surface area (Å²) >= 11 is 5.99. The zero-order valence-corrected chi connectivity index (χ0v) is 17.2. The Morgan fingerprint density at radius 1 is 0.933 bits per heavy atom. The molecule has 3 aromatic carbocycles. The van der Waals surface area contributed by atoms with Gasteiger partial charge in [-0.2, -0.15) is 0 Å². The zero-order chi connectivity index (χ0) is 21.1. The Balaban J connectivity index is 1.69. The summed E-state index contributed by atoms with van der Waals surface area (Å²) in [5.74, 6) is 1.48. The maximum absolute atomic E-state index is 11.5. The van der Waals surface area contributed by atoms with Crippen LogP contribution in [0.3, 0.4) is 0 Å². The van der Waals surface area contributed by atoms with Crippen LogP contribution < -0.4 is 9.88 Å². The molecule has 0 aliphatic heterocycles. The van der Waals surface area contributed by atoms with Crippen molar-refractivity contribution < 1.29 is 17.6 Å². The molecule has 0 bridgehead atoms. The molecule has 0 saturated heterocycles. The van der Waals surface area contributed by atoms with Crippen LogP contribution >= 0.6 is 11.6 Å². The highest BCUT2D eigenvalue weighted by Crippen LogP contribution is 2.33. The fourth-order valence-electron chi connectivity index (χ4n) is 2.91. The SMILES string of the molecule is NS(=O)(=O)c1ccc(-c2oc(COc3cccc(Cl)c3)nc2-c2ccccc2)cc1. The van der Waals surface area contributed by atoms with Gasteiger partial charge in [-0.3, -0.25) is 0 Å². The largest absolute Gasteiger partial charge is 0.484 e. The van der Waals surface area contributed by atoms with Crippen molar-refractivity contribution in [2.24, 2.45) is 5.14 Å². The van der Waals surface area contributed by atoms with Gasteiger partial charge in [0.25, 0.3) is 0 Å². The first kappa shape index (κ1) is 20.2. The van der Waals surface area contributed by atoms with Crippen molar-refractivity contribution in [2.45, 2.75) is 11.5 Å². The van der Waals surface area contributed by atoms with Gasteiger partial charge in [0, 0.05) is 16.1 Å². The predicted molar refractivity (Wildman–Crippen MR) is 115 cm³/mol. The third-order valence-corrected chi connectivity index (χ3v) is 5.49. The van der Waals surface area contributed by atoms with Gasteiger partial charge < -0.3 is 9.15 Å². The lowest BCUT2D eigenvalue weighted by Crippen LogP contribution is -2.11. The second kappa shape index (κ2) is 8.31. The summed E-state index contributed by atoms with van der Waals surface area (Å²) in [5.41, 5.74) is 2.16. The number of ether oxygens (including phenoxy) is 1. The van der Waals surface area contributed by atoms with Crippen molar-refractivity contribution in [3.63, 3.8) is 0 Å². The average Bonchev–Trinajstić information content (AvgIpc) is 3.17. The van der Waals surface area contributed by atoms with Gasteiger partial charge in [-0.25, -0.2) is 18.5 Å². The van der Waals surface area contributed by atoms with Gasteiger partial charge in [0.2, 0.25) is 15.9 Å². The molecule has 0 spiro atoms. The standard InChI is InChI=1S/C22H17ClN2O4S/c23-17-7-4-8-18(13-17)28-14-20-25-21(15-5-2-1-3-6-15)22(29-20)16-9-11-19(12-10-16)30(24,26)27/h1-13H,14H2,(H2,24,26,27). The van der Waals surface area contributed by atoms with Crippen LogP contribution in [0.2, 0.25) is 5.02 Å². The molecule has 0 aliphatic carbocycles. The maximum Gasteiger partial charge on any atom is 0.238 e. The van der Waals surface area contributed by atoms with Crippen LogP contribution in [0.15, 0.2) is 88.2 Å². The molecule has 0 radical (unpaired) electrons. The Kier molecular flexibility index (Phi) is 5.59. The summed E-state index contributed by atoms with van der Waals surface area (Å²) in [6.07, 6.45) is 0. The minimum absolute atomic E-state index is 0.0246. The third-order valence-electron chi connectivity index (χ3n) is 4.32. The normalized spacial score (nSPS) is 11.4. The first-order chi connectivity index (χ1) is 14.4. The molecule has 0 atom stereocenters. The number of rotatable bonds is 6. The molecular weight excluding hydrogens is 424 g/mol. The van der Waals surface area contributed by atoms with Crippen LogP contribution in [0.1, 0.15) is 5.89 Å². The molecule has 6 nitrogen and oxygen atoms in total. The lowest BCUT2D eigenvalue weighted by molar-refractivity contribution is 0.264. The van der Waals surface area contributed by atoms with Gasteiger partial charge in [-0.1, -0.05) is 48.0 Å². The van der Waals surface area contributed by atoms with Gasteiger partial charge in [-0.05, 0) is 42.5 Å². The van der Waals surface area contributed by atoms with E-state index in [1.165, 1.54) is 12.1 Å². The fraction of sp³-hybridized carbons (Fsp3) is 0.0455. The molecule has 0 unspecified atom stereocenters. The number of benzene rings is 3. The van der Waals surface area contributed by atoms with E-state index < -0.39 is 10.0 Å². The monoisotopic (exact) mass is 440 g/mol. The van der Waals surface area contributed by atoms with Crippen molar-refractivity contribution >= 4 is 21.6 Å². The number of aromatic nitrogens is 1. The van der Waals surface area contributed by atoms with E-state index in [1.54, 1.807) is 36.4 Å². The fourth-order valence-corrected chi connectivity index (χ4v) is 3.61. The van der Waals surface area contributed by atoms with Gasteiger partial charge in [0.05, 0.1) is 4.90 Å². The Morgan fingerprint density at radius 2 is 1.67 bits per heavy atom. The van der Waals surface area contributed by atoms with Crippen LogP contribution in [-0.4, -0.2) is 13.4 Å². The molecule has 0 aliphatic rings. The second-order valence-corrected chi connectivity index (χ2v) is 8.46. The minimum Gasteiger partial charge on any atom is -0.484 e. The Hall–Kier alpha value is -3.13. The Labute approximate surface area is 178 Å². The lowest BCUT2D eigenvalue weighted by atomic mass is 10.1.